The molecule has 3 rings (SSSR count). The van der Waals surface area contributed by atoms with Gasteiger partial charge in [-0.15, -0.1) is 0 Å². The summed E-state index contributed by atoms with van der Waals surface area (Å²) < 4.78 is 5.00. The van der Waals surface area contributed by atoms with Crippen molar-refractivity contribution in [2.24, 2.45) is 0 Å². The summed E-state index contributed by atoms with van der Waals surface area (Å²) in [5, 5.41) is 13.3. The Morgan fingerprint density at radius 3 is 3.18 bits per heavy atom. The van der Waals surface area contributed by atoms with Crippen molar-refractivity contribution in [1.29, 1.82) is 0 Å². The number of aromatic carboxylic acids is 1. The van der Waals surface area contributed by atoms with Crippen molar-refractivity contribution in [3.8, 4) is 11.3 Å². The Labute approximate surface area is 94.9 Å². The summed E-state index contributed by atoms with van der Waals surface area (Å²) in [4.78, 5) is 18.1. The van der Waals surface area contributed by atoms with E-state index in [0.717, 1.165) is 5.39 Å². The molecule has 0 aliphatic heterocycles. The van der Waals surface area contributed by atoms with E-state index in [0.29, 0.717) is 11.2 Å². The van der Waals surface area contributed by atoms with Crippen LogP contribution in [0.4, 0.5) is 0 Å². The Morgan fingerprint density at radius 1 is 1.47 bits per heavy atom. The van der Waals surface area contributed by atoms with E-state index >= 15 is 0 Å². The van der Waals surface area contributed by atoms with Gasteiger partial charge in [-0.1, -0.05) is 5.16 Å². The molecule has 0 unspecified atom stereocenters. The average molecular weight is 229 g/mol. The van der Waals surface area contributed by atoms with Crippen LogP contribution in [0.15, 0.2) is 35.2 Å². The molecule has 0 fully saturated rings. The van der Waals surface area contributed by atoms with Gasteiger partial charge in [-0.3, -0.25) is 0 Å². The Hall–Kier alpha value is -2.63. The van der Waals surface area contributed by atoms with Gasteiger partial charge in [-0.05, 0) is 12.1 Å². The van der Waals surface area contributed by atoms with Gasteiger partial charge < -0.3 is 14.6 Å². The minimum Gasteiger partial charge on any atom is -0.477 e. The van der Waals surface area contributed by atoms with E-state index in [1.807, 2.05) is 6.07 Å². The monoisotopic (exact) mass is 229 g/mol. The maximum Gasteiger partial charge on any atom is 0.341 e. The van der Waals surface area contributed by atoms with Crippen LogP contribution >= 0.6 is 0 Å². The maximum atomic E-state index is 11.0. The number of nitrogens with one attached hydrogen (secondary N) is 1. The van der Waals surface area contributed by atoms with E-state index in [-0.39, 0.29) is 11.3 Å². The second-order valence-electron chi connectivity index (χ2n) is 3.48. The number of aromatic amines is 1. The third-order valence-corrected chi connectivity index (χ3v) is 2.50. The normalized spacial score (nSPS) is 10.8. The molecule has 0 aliphatic carbocycles. The minimum absolute atomic E-state index is 0.0368. The molecule has 0 bridgehead atoms. The van der Waals surface area contributed by atoms with Gasteiger partial charge in [0.05, 0.1) is 6.20 Å². The summed E-state index contributed by atoms with van der Waals surface area (Å²) in [7, 11) is 0. The highest BCUT2D eigenvalue weighted by Gasteiger charge is 2.19. The first-order valence-corrected chi connectivity index (χ1v) is 4.88. The predicted octanol–water partition coefficient (Wildman–Crippen LogP) is 1.92. The number of carbonyl (C=O) groups is 1. The summed E-state index contributed by atoms with van der Waals surface area (Å²) >= 11 is 0. The third kappa shape index (κ3) is 1.38. The Bertz CT molecular complexity index is 699. The lowest BCUT2D eigenvalue weighted by atomic mass is 10.1. The predicted molar refractivity (Wildman–Crippen MR) is 58.6 cm³/mol. The summed E-state index contributed by atoms with van der Waals surface area (Å²) in [5.41, 5.74) is 1.35. The number of nitrogens with zero attached hydrogens (tertiary/aromatic N) is 2. The van der Waals surface area contributed by atoms with Crippen LogP contribution in [0.5, 0.6) is 0 Å². The molecule has 0 saturated carbocycles. The first-order chi connectivity index (χ1) is 8.27. The number of hydrogen-bond acceptors (Lipinski definition) is 4. The van der Waals surface area contributed by atoms with Crippen LogP contribution in [0.3, 0.4) is 0 Å². The SMILES string of the molecule is O=C(O)c1cnoc1-c1c[nH]c2ncccc12. The van der Waals surface area contributed by atoms with Crippen molar-refractivity contribution in [3.63, 3.8) is 0 Å². The fraction of sp³-hybridized carbons (Fsp3) is 0. The molecule has 84 valence electrons. The smallest absolute Gasteiger partial charge is 0.341 e. The second-order valence-corrected chi connectivity index (χ2v) is 3.48. The molecule has 3 aromatic rings. The van der Waals surface area contributed by atoms with E-state index in [1.54, 1.807) is 18.5 Å². The van der Waals surface area contributed by atoms with Crippen molar-refractivity contribution >= 4 is 17.0 Å². The van der Waals surface area contributed by atoms with Crippen LogP contribution in [0, 0.1) is 0 Å². The van der Waals surface area contributed by atoms with Crippen LogP contribution < -0.4 is 0 Å². The van der Waals surface area contributed by atoms with Crippen molar-refractivity contribution in [1.82, 2.24) is 15.1 Å². The average Bonchev–Trinajstić information content (AvgIpc) is 2.94. The number of fused-ring (bicyclic) bond motifs is 1. The van der Waals surface area contributed by atoms with Crippen molar-refractivity contribution in [2.75, 3.05) is 0 Å². The van der Waals surface area contributed by atoms with Gasteiger partial charge in [0.15, 0.2) is 5.76 Å². The molecule has 6 nitrogen and oxygen atoms in total. The molecular weight excluding hydrogens is 222 g/mol. The highest BCUT2D eigenvalue weighted by Crippen LogP contribution is 2.29. The summed E-state index contributed by atoms with van der Waals surface area (Å²) in [6.45, 7) is 0. The maximum absolute atomic E-state index is 11.0. The quantitative estimate of drug-likeness (QED) is 0.700. The molecule has 0 saturated heterocycles. The molecule has 0 amide bonds. The number of hydrogen-bond donors (Lipinski definition) is 2. The first-order valence-electron chi connectivity index (χ1n) is 4.88. The number of carboxylic acids is 1. The summed E-state index contributed by atoms with van der Waals surface area (Å²) in [6, 6.07) is 3.61. The largest absolute Gasteiger partial charge is 0.477 e. The molecule has 0 spiro atoms. The van der Waals surface area contributed by atoms with Crippen LogP contribution in [0.1, 0.15) is 10.4 Å². The highest BCUT2D eigenvalue weighted by molar-refractivity contribution is 6.00. The molecule has 0 atom stereocenters. The lowest BCUT2D eigenvalue weighted by molar-refractivity contribution is 0.0697. The molecule has 17 heavy (non-hydrogen) atoms. The fourth-order valence-electron chi connectivity index (χ4n) is 1.73. The van der Waals surface area contributed by atoms with Crippen molar-refractivity contribution < 1.29 is 14.4 Å². The van der Waals surface area contributed by atoms with Gasteiger partial charge in [0.1, 0.15) is 11.2 Å². The number of H-pyrrole nitrogens is 1. The molecule has 0 radical (unpaired) electrons. The van der Waals surface area contributed by atoms with E-state index in [2.05, 4.69) is 15.1 Å². The van der Waals surface area contributed by atoms with E-state index in [1.165, 1.54) is 6.20 Å². The number of rotatable bonds is 2. The molecule has 3 aromatic heterocycles. The lowest BCUT2D eigenvalue weighted by Gasteiger charge is -1.94. The van der Waals surface area contributed by atoms with Crippen LogP contribution in [-0.4, -0.2) is 26.2 Å². The van der Waals surface area contributed by atoms with E-state index < -0.39 is 5.97 Å². The fourth-order valence-corrected chi connectivity index (χ4v) is 1.73. The van der Waals surface area contributed by atoms with Crippen LogP contribution in [-0.2, 0) is 0 Å². The number of pyridine rings is 1. The van der Waals surface area contributed by atoms with Gasteiger partial charge in [0, 0.05) is 23.3 Å². The van der Waals surface area contributed by atoms with Gasteiger partial charge >= 0.3 is 5.97 Å². The second kappa shape index (κ2) is 3.44. The van der Waals surface area contributed by atoms with Gasteiger partial charge in [0.2, 0.25) is 0 Å². The number of aromatic nitrogens is 3. The van der Waals surface area contributed by atoms with Crippen molar-refractivity contribution in [2.45, 2.75) is 0 Å². The summed E-state index contributed by atoms with van der Waals surface area (Å²) in [5.74, 6) is -0.837. The Morgan fingerprint density at radius 2 is 2.35 bits per heavy atom. The van der Waals surface area contributed by atoms with E-state index in [9.17, 15) is 4.79 Å². The zero-order chi connectivity index (χ0) is 11.8. The van der Waals surface area contributed by atoms with Crippen LogP contribution in [0.25, 0.3) is 22.4 Å². The molecule has 6 heteroatoms. The van der Waals surface area contributed by atoms with E-state index in [4.69, 9.17) is 9.63 Å². The first kappa shape index (κ1) is 9.59. The topological polar surface area (TPSA) is 92.0 Å². The molecule has 3 heterocycles. The zero-order valence-electron chi connectivity index (χ0n) is 8.54. The van der Waals surface area contributed by atoms with Gasteiger partial charge in [-0.2, -0.15) is 0 Å². The number of carboxylic acid groups (broad SMARTS) is 1. The highest BCUT2D eigenvalue weighted by atomic mass is 16.5. The Balaban J connectivity index is 2.28. The third-order valence-electron chi connectivity index (χ3n) is 2.50. The minimum atomic E-state index is -1.07. The van der Waals surface area contributed by atoms with Gasteiger partial charge in [0.25, 0.3) is 0 Å². The van der Waals surface area contributed by atoms with Gasteiger partial charge in [-0.25, -0.2) is 9.78 Å². The van der Waals surface area contributed by atoms with Crippen LogP contribution in [0.2, 0.25) is 0 Å². The molecule has 0 aromatic carbocycles. The zero-order valence-corrected chi connectivity index (χ0v) is 8.54. The molecule has 0 aliphatic rings. The molecule has 2 N–H and O–H groups in total. The lowest BCUT2D eigenvalue weighted by Crippen LogP contribution is -1.95. The standard InChI is InChI=1S/C11H7N3O3/c15-11(16)8-5-14-17-9(8)7-4-13-10-6(7)2-1-3-12-10/h1-5H,(H,12,13)(H,15,16). The summed E-state index contributed by atoms with van der Waals surface area (Å²) in [6.07, 6.45) is 4.50. The molecular formula is C11H7N3O3. The Kier molecular flexibility index (Phi) is 1.94. The van der Waals surface area contributed by atoms with Crippen molar-refractivity contribution in [3.05, 3.63) is 36.3 Å².